The molecule has 0 saturated carbocycles. The number of para-hydroxylation sites is 2. The van der Waals surface area contributed by atoms with E-state index in [1.54, 1.807) is 26.0 Å². The normalized spacial score (nSPS) is 17.9. The fraction of sp³-hybridized carbons (Fsp3) is 0.259. The van der Waals surface area contributed by atoms with Crippen molar-refractivity contribution in [3.05, 3.63) is 90.6 Å². The lowest BCUT2D eigenvalue weighted by atomic mass is 9.95. The summed E-state index contributed by atoms with van der Waals surface area (Å²) in [6, 6.07) is 13.7. The van der Waals surface area contributed by atoms with Crippen molar-refractivity contribution in [1.82, 2.24) is 4.57 Å². The number of hydrogen-bond donors (Lipinski definition) is 1. The zero-order valence-corrected chi connectivity index (χ0v) is 21.1. The Bertz CT molecular complexity index is 1610. The zero-order chi connectivity index (χ0) is 25.6. The summed E-state index contributed by atoms with van der Waals surface area (Å²) in [6.45, 7) is 7.45. The molecule has 0 bridgehead atoms. The van der Waals surface area contributed by atoms with Crippen LogP contribution < -0.4 is 24.9 Å². The molecule has 8 nitrogen and oxygen atoms in total. The van der Waals surface area contributed by atoms with Crippen molar-refractivity contribution in [3.8, 4) is 5.75 Å². The van der Waals surface area contributed by atoms with Crippen LogP contribution in [0.4, 0.5) is 5.69 Å². The van der Waals surface area contributed by atoms with Crippen LogP contribution in [0.3, 0.4) is 0 Å². The fourth-order valence-electron chi connectivity index (χ4n) is 4.55. The summed E-state index contributed by atoms with van der Waals surface area (Å²) in [7, 11) is 0. The van der Waals surface area contributed by atoms with Crippen LogP contribution in [0.25, 0.3) is 5.57 Å². The highest BCUT2D eigenvalue weighted by Gasteiger charge is 2.36. The molecule has 1 N–H and O–H groups in total. The molecular formula is C27H25N3O5S. The first-order valence-electron chi connectivity index (χ1n) is 11.7. The van der Waals surface area contributed by atoms with Gasteiger partial charge in [-0.2, -0.15) is 0 Å². The molecule has 1 aromatic heterocycles. The number of allylic oxidation sites excluding steroid dienone is 1. The highest BCUT2D eigenvalue weighted by Crippen LogP contribution is 2.36. The van der Waals surface area contributed by atoms with E-state index >= 15 is 0 Å². The summed E-state index contributed by atoms with van der Waals surface area (Å²) in [5.74, 6) is -0.343. The van der Waals surface area contributed by atoms with Crippen LogP contribution in [0, 0.1) is 0 Å². The number of esters is 1. The van der Waals surface area contributed by atoms with Gasteiger partial charge in [-0.15, -0.1) is 0 Å². The summed E-state index contributed by atoms with van der Waals surface area (Å²) in [4.78, 5) is 45.1. The minimum Gasteiger partial charge on any atom is -0.491 e. The van der Waals surface area contributed by atoms with Crippen molar-refractivity contribution in [3.63, 3.8) is 0 Å². The lowest BCUT2D eigenvalue weighted by Gasteiger charge is -2.26. The van der Waals surface area contributed by atoms with Crippen LogP contribution in [0.5, 0.6) is 5.75 Å². The maximum atomic E-state index is 14.0. The molecule has 2 aliphatic rings. The monoisotopic (exact) mass is 503 g/mol. The third-order valence-corrected chi connectivity index (χ3v) is 7.02. The number of amides is 1. The number of nitrogens with one attached hydrogen (secondary N) is 1. The number of aromatic nitrogens is 1. The lowest BCUT2D eigenvalue weighted by Crippen LogP contribution is -2.40. The number of anilines is 1. The number of rotatable bonds is 5. The van der Waals surface area contributed by atoms with Crippen molar-refractivity contribution in [2.45, 2.75) is 39.8 Å². The van der Waals surface area contributed by atoms with E-state index in [2.05, 4.69) is 10.3 Å². The molecule has 1 atom stereocenters. The van der Waals surface area contributed by atoms with Gasteiger partial charge in [0.25, 0.3) is 11.5 Å². The average molecular weight is 504 g/mol. The van der Waals surface area contributed by atoms with Crippen molar-refractivity contribution in [1.29, 1.82) is 0 Å². The maximum absolute atomic E-state index is 14.0. The summed E-state index contributed by atoms with van der Waals surface area (Å²) >= 11 is 1.13. The number of ether oxygens (including phenoxy) is 2. The van der Waals surface area contributed by atoms with Gasteiger partial charge >= 0.3 is 5.97 Å². The van der Waals surface area contributed by atoms with Gasteiger partial charge < -0.3 is 14.8 Å². The summed E-state index contributed by atoms with van der Waals surface area (Å²) in [6.07, 6.45) is -0.126. The summed E-state index contributed by atoms with van der Waals surface area (Å²) in [5, 5.41) is 2.83. The number of benzene rings is 2. The Labute approximate surface area is 211 Å². The zero-order valence-electron chi connectivity index (χ0n) is 20.3. The number of fused-ring (bicyclic) bond motifs is 2. The second-order valence-corrected chi connectivity index (χ2v) is 9.68. The van der Waals surface area contributed by atoms with Crippen LogP contribution in [-0.2, 0) is 14.3 Å². The van der Waals surface area contributed by atoms with Gasteiger partial charge in [0.2, 0.25) is 0 Å². The minimum absolute atomic E-state index is 0.126. The van der Waals surface area contributed by atoms with E-state index in [4.69, 9.17) is 9.47 Å². The first-order chi connectivity index (χ1) is 17.3. The molecule has 0 saturated heterocycles. The van der Waals surface area contributed by atoms with E-state index in [-0.39, 0.29) is 28.7 Å². The molecule has 0 unspecified atom stereocenters. The summed E-state index contributed by atoms with van der Waals surface area (Å²) < 4.78 is 13.2. The first kappa shape index (κ1) is 23.7. The van der Waals surface area contributed by atoms with Gasteiger partial charge in [0, 0.05) is 16.8 Å². The molecule has 9 heteroatoms. The molecule has 3 aromatic rings. The molecule has 3 heterocycles. The van der Waals surface area contributed by atoms with Crippen molar-refractivity contribution < 1.29 is 19.1 Å². The van der Waals surface area contributed by atoms with E-state index in [0.717, 1.165) is 11.3 Å². The molecule has 0 aliphatic carbocycles. The SMILES string of the molecule is CCOC(=O)C1=C(C)N=c2s/c(=C3\C(=O)Nc4ccccc43)c(=O)n2[C@@H]1c1ccccc1OC(C)C. The molecule has 5 rings (SSSR count). The number of thiazole rings is 1. The maximum Gasteiger partial charge on any atom is 0.338 e. The minimum atomic E-state index is -0.829. The Morgan fingerprint density at radius 3 is 2.61 bits per heavy atom. The van der Waals surface area contributed by atoms with Gasteiger partial charge in [-0.1, -0.05) is 47.7 Å². The van der Waals surface area contributed by atoms with E-state index < -0.39 is 17.6 Å². The van der Waals surface area contributed by atoms with Gasteiger partial charge in [-0.3, -0.25) is 14.2 Å². The van der Waals surface area contributed by atoms with E-state index in [0.29, 0.717) is 38.6 Å². The lowest BCUT2D eigenvalue weighted by molar-refractivity contribution is -0.139. The predicted octanol–water partition coefficient (Wildman–Crippen LogP) is 2.91. The van der Waals surface area contributed by atoms with Crippen LogP contribution in [-0.4, -0.2) is 29.2 Å². The standard InChI is InChI=1S/C27H25N3O5S/c1-5-34-26(33)20-15(4)28-27-30(22(20)17-11-7-9-13-19(17)35-14(2)3)25(32)23(36-27)21-16-10-6-8-12-18(16)29-24(21)31/h6-14,22H,5H2,1-4H3,(H,29,31)/b23-21-/t22-/m1/s1. The smallest absolute Gasteiger partial charge is 0.338 e. The van der Waals surface area contributed by atoms with Gasteiger partial charge in [0.05, 0.1) is 29.6 Å². The average Bonchev–Trinajstić information content (AvgIpc) is 3.33. The predicted molar refractivity (Wildman–Crippen MR) is 137 cm³/mol. The molecule has 0 radical (unpaired) electrons. The topological polar surface area (TPSA) is 99.0 Å². The van der Waals surface area contributed by atoms with Crippen LogP contribution in [0.15, 0.2) is 69.6 Å². The Kier molecular flexibility index (Phi) is 6.09. The first-order valence-corrected chi connectivity index (χ1v) is 12.5. The number of hydrogen-bond acceptors (Lipinski definition) is 7. The largest absolute Gasteiger partial charge is 0.491 e. The van der Waals surface area contributed by atoms with Crippen molar-refractivity contribution in [2.75, 3.05) is 11.9 Å². The highest BCUT2D eigenvalue weighted by molar-refractivity contribution is 7.07. The highest BCUT2D eigenvalue weighted by atomic mass is 32.1. The van der Waals surface area contributed by atoms with Gasteiger partial charge in [0.15, 0.2) is 4.80 Å². The molecule has 0 fully saturated rings. The van der Waals surface area contributed by atoms with Crippen molar-refractivity contribution >= 4 is 34.5 Å². The second kappa shape index (κ2) is 9.23. The van der Waals surface area contributed by atoms with E-state index in [1.165, 1.54) is 4.57 Å². The third-order valence-electron chi connectivity index (χ3n) is 5.97. The molecule has 184 valence electrons. The number of carbonyl (C=O) groups is 2. The Balaban J connectivity index is 1.83. The van der Waals surface area contributed by atoms with E-state index in [1.807, 2.05) is 50.2 Å². The third kappa shape index (κ3) is 3.85. The Hall–Kier alpha value is -3.98. The van der Waals surface area contributed by atoms with Gasteiger partial charge in [-0.25, -0.2) is 9.79 Å². The van der Waals surface area contributed by atoms with Crippen LogP contribution in [0.1, 0.15) is 44.9 Å². The van der Waals surface area contributed by atoms with Gasteiger partial charge in [-0.05, 0) is 39.8 Å². The van der Waals surface area contributed by atoms with Crippen LogP contribution in [0.2, 0.25) is 0 Å². The quantitative estimate of drug-likeness (QED) is 0.540. The van der Waals surface area contributed by atoms with E-state index in [9.17, 15) is 14.4 Å². The van der Waals surface area contributed by atoms with Crippen LogP contribution >= 0.6 is 11.3 Å². The molecule has 36 heavy (non-hydrogen) atoms. The van der Waals surface area contributed by atoms with Gasteiger partial charge in [0.1, 0.15) is 16.3 Å². The molecule has 1 amide bonds. The summed E-state index contributed by atoms with van der Waals surface area (Å²) in [5.41, 5.74) is 2.56. The number of carbonyl (C=O) groups excluding carboxylic acids is 2. The number of nitrogens with zero attached hydrogens (tertiary/aromatic N) is 2. The molecule has 0 spiro atoms. The fourth-order valence-corrected chi connectivity index (χ4v) is 5.69. The molecule has 2 aliphatic heterocycles. The second-order valence-electron chi connectivity index (χ2n) is 8.70. The Morgan fingerprint density at radius 1 is 1.14 bits per heavy atom. The molecular weight excluding hydrogens is 478 g/mol. The Morgan fingerprint density at radius 2 is 1.86 bits per heavy atom. The van der Waals surface area contributed by atoms with Crippen molar-refractivity contribution in [2.24, 2.45) is 4.99 Å². The molecule has 2 aromatic carbocycles.